The van der Waals surface area contributed by atoms with Crippen molar-refractivity contribution in [3.63, 3.8) is 0 Å². The lowest BCUT2D eigenvalue weighted by molar-refractivity contribution is 0.296. The van der Waals surface area contributed by atoms with Crippen molar-refractivity contribution in [1.82, 2.24) is 24.8 Å². The Morgan fingerprint density at radius 3 is 2.59 bits per heavy atom. The van der Waals surface area contributed by atoms with Crippen molar-refractivity contribution in [3.05, 3.63) is 93.1 Å². The molecule has 7 nitrogen and oxygen atoms in total. The van der Waals surface area contributed by atoms with E-state index in [-0.39, 0.29) is 12.2 Å². The van der Waals surface area contributed by atoms with Crippen LogP contribution in [0.5, 0.6) is 5.75 Å². The highest BCUT2D eigenvalue weighted by molar-refractivity contribution is 7.15. The summed E-state index contributed by atoms with van der Waals surface area (Å²) < 4.78 is 7.53. The average molecular weight is 401 g/mol. The van der Waals surface area contributed by atoms with Gasteiger partial charge < -0.3 is 4.74 Å². The van der Waals surface area contributed by atoms with Crippen LogP contribution in [0.1, 0.15) is 11.4 Å². The van der Waals surface area contributed by atoms with Gasteiger partial charge in [-0.25, -0.2) is 0 Å². The summed E-state index contributed by atoms with van der Waals surface area (Å²) in [6, 6.07) is 19.3. The van der Waals surface area contributed by atoms with E-state index in [1.165, 1.54) is 15.9 Å². The minimum Gasteiger partial charge on any atom is -0.486 e. The Morgan fingerprint density at radius 1 is 1.07 bits per heavy atom. The summed E-state index contributed by atoms with van der Waals surface area (Å²) in [6.45, 7) is 0.205. The zero-order valence-electron chi connectivity index (χ0n) is 15.1. The third-order valence-electron chi connectivity index (χ3n) is 4.35. The second-order valence-electron chi connectivity index (χ2n) is 6.31. The maximum Gasteiger partial charge on any atom is 0.291 e. The molecule has 0 saturated carbocycles. The smallest absolute Gasteiger partial charge is 0.291 e. The first-order chi connectivity index (χ1) is 14.3. The molecule has 8 heteroatoms. The number of ether oxygens (including phenoxy) is 1. The van der Waals surface area contributed by atoms with E-state index in [0.29, 0.717) is 15.3 Å². The number of aromatic amines is 1. The van der Waals surface area contributed by atoms with Gasteiger partial charge in [-0.05, 0) is 18.2 Å². The molecular formula is C21H15N5O2S. The zero-order valence-corrected chi connectivity index (χ0v) is 16.0. The number of thiazole rings is 1. The van der Waals surface area contributed by atoms with Crippen LogP contribution in [0.15, 0.2) is 71.7 Å². The molecular weight excluding hydrogens is 386 g/mol. The second-order valence-corrected chi connectivity index (χ2v) is 7.32. The molecule has 0 radical (unpaired) electrons. The van der Waals surface area contributed by atoms with Crippen molar-refractivity contribution in [3.8, 4) is 17.0 Å². The second kappa shape index (κ2) is 7.33. The van der Waals surface area contributed by atoms with Gasteiger partial charge in [0.15, 0.2) is 5.82 Å². The van der Waals surface area contributed by atoms with Gasteiger partial charge in [-0.2, -0.15) is 14.6 Å². The number of aromatic nitrogens is 5. The number of para-hydroxylation sites is 1. The summed E-state index contributed by atoms with van der Waals surface area (Å²) in [5.74, 6) is 1.20. The van der Waals surface area contributed by atoms with E-state index in [2.05, 4.69) is 20.3 Å². The van der Waals surface area contributed by atoms with E-state index in [0.717, 1.165) is 22.6 Å². The third-order valence-corrected chi connectivity index (χ3v) is 5.31. The Labute approximate surface area is 168 Å². The number of benzene rings is 2. The Bertz CT molecular complexity index is 1370. The van der Waals surface area contributed by atoms with Gasteiger partial charge in [0.2, 0.25) is 4.96 Å². The number of hydrogen-bond donors (Lipinski definition) is 1. The minimum atomic E-state index is -0.205. The summed E-state index contributed by atoms with van der Waals surface area (Å²) in [7, 11) is 0. The maximum atomic E-state index is 12.8. The largest absolute Gasteiger partial charge is 0.486 e. The van der Waals surface area contributed by atoms with Crippen LogP contribution in [-0.2, 0) is 6.61 Å². The van der Waals surface area contributed by atoms with Crippen LogP contribution in [0.25, 0.3) is 22.3 Å². The monoisotopic (exact) mass is 401 g/mol. The van der Waals surface area contributed by atoms with Crippen LogP contribution in [0.4, 0.5) is 0 Å². The molecule has 1 N–H and O–H groups in total. The Kier molecular flexibility index (Phi) is 4.38. The summed E-state index contributed by atoms with van der Waals surface area (Å²) in [5, 5.41) is 11.4. The number of fused-ring (bicyclic) bond motifs is 1. The fraction of sp³-hybridized carbons (Fsp3) is 0.0476. The van der Waals surface area contributed by atoms with Crippen molar-refractivity contribution < 1.29 is 4.74 Å². The fourth-order valence-electron chi connectivity index (χ4n) is 2.98. The normalized spacial score (nSPS) is 11.9. The van der Waals surface area contributed by atoms with E-state index < -0.39 is 0 Å². The molecule has 5 rings (SSSR count). The van der Waals surface area contributed by atoms with Crippen molar-refractivity contribution in [2.45, 2.75) is 6.61 Å². The van der Waals surface area contributed by atoms with E-state index in [4.69, 9.17) is 4.74 Å². The number of hydrogen-bond acceptors (Lipinski definition) is 6. The molecule has 0 aliphatic rings. The van der Waals surface area contributed by atoms with Gasteiger partial charge in [0.25, 0.3) is 5.56 Å². The molecule has 0 spiro atoms. The molecule has 142 valence electrons. The lowest BCUT2D eigenvalue weighted by Crippen LogP contribution is -2.24. The first kappa shape index (κ1) is 17.3. The molecule has 0 unspecified atom stereocenters. The van der Waals surface area contributed by atoms with Crippen LogP contribution in [0, 0.1) is 0 Å². The molecule has 0 aliphatic carbocycles. The molecule has 0 amide bonds. The molecule has 29 heavy (non-hydrogen) atoms. The third kappa shape index (κ3) is 3.41. The minimum absolute atomic E-state index is 0.205. The van der Waals surface area contributed by atoms with Crippen LogP contribution in [-0.4, -0.2) is 24.8 Å². The summed E-state index contributed by atoms with van der Waals surface area (Å²) in [6.07, 6.45) is 3.52. The number of H-pyrrole nitrogens is 1. The summed E-state index contributed by atoms with van der Waals surface area (Å²) >= 11 is 1.29. The lowest BCUT2D eigenvalue weighted by atomic mass is 10.1. The highest BCUT2D eigenvalue weighted by Gasteiger charge is 2.12. The molecule has 3 heterocycles. The average Bonchev–Trinajstić information content (AvgIpc) is 3.45. The van der Waals surface area contributed by atoms with Gasteiger partial charge in [0.05, 0.1) is 16.4 Å². The highest BCUT2D eigenvalue weighted by Crippen LogP contribution is 2.21. The number of nitrogens with one attached hydrogen (secondary N) is 1. The predicted molar refractivity (Wildman–Crippen MR) is 111 cm³/mol. The van der Waals surface area contributed by atoms with Crippen molar-refractivity contribution in [2.75, 3.05) is 0 Å². The maximum absolute atomic E-state index is 12.8. The first-order valence-electron chi connectivity index (χ1n) is 8.95. The van der Waals surface area contributed by atoms with Crippen LogP contribution < -0.4 is 14.8 Å². The van der Waals surface area contributed by atoms with E-state index >= 15 is 0 Å². The van der Waals surface area contributed by atoms with Crippen LogP contribution in [0.3, 0.4) is 0 Å². The van der Waals surface area contributed by atoms with E-state index in [9.17, 15) is 4.79 Å². The molecule has 2 aromatic carbocycles. The highest BCUT2D eigenvalue weighted by atomic mass is 32.1. The molecule has 0 fully saturated rings. The van der Waals surface area contributed by atoms with Gasteiger partial charge in [-0.1, -0.05) is 59.9 Å². The van der Waals surface area contributed by atoms with Crippen molar-refractivity contribution >= 4 is 22.4 Å². The number of rotatable bonds is 5. The van der Waals surface area contributed by atoms with Gasteiger partial charge in [-0.3, -0.25) is 9.89 Å². The van der Waals surface area contributed by atoms with Gasteiger partial charge in [0.1, 0.15) is 12.4 Å². The zero-order chi connectivity index (χ0) is 19.6. The van der Waals surface area contributed by atoms with Crippen LogP contribution >= 0.6 is 11.3 Å². The topological polar surface area (TPSA) is 85.2 Å². The molecule has 0 saturated heterocycles. The molecule has 3 aromatic heterocycles. The Balaban J connectivity index is 1.45. The summed E-state index contributed by atoms with van der Waals surface area (Å²) in [4.78, 5) is 17.7. The van der Waals surface area contributed by atoms with E-state index in [1.807, 2.05) is 66.7 Å². The lowest BCUT2D eigenvalue weighted by Gasteiger charge is -2.01. The SMILES string of the molecule is O=c1c(=Cc2cn[nH]c2-c2ccccc2)sc2nc(COc3ccccc3)nn12. The molecule has 0 atom stereocenters. The van der Waals surface area contributed by atoms with Gasteiger partial charge in [-0.15, -0.1) is 5.10 Å². The van der Waals surface area contributed by atoms with Crippen molar-refractivity contribution in [2.24, 2.45) is 0 Å². The Hall–Kier alpha value is -3.78. The predicted octanol–water partition coefficient (Wildman–Crippen LogP) is 2.67. The summed E-state index contributed by atoms with van der Waals surface area (Å²) in [5.41, 5.74) is 2.50. The van der Waals surface area contributed by atoms with E-state index in [1.54, 1.807) is 6.20 Å². The molecule has 5 aromatic rings. The fourth-order valence-corrected chi connectivity index (χ4v) is 3.90. The number of nitrogens with zero attached hydrogens (tertiary/aromatic N) is 4. The molecule has 0 aliphatic heterocycles. The molecule has 0 bridgehead atoms. The van der Waals surface area contributed by atoms with Crippen LogP contribution in [0.2, 0.25) is 0 Å². The quantitative estimate of drug-likeness (QED) is 0.489. The van der Waals surface area contributed by atoms with Crippen molar-refractivity contribution in [1.29, 1.82) is 0 Å². The Morgan fingerprint density at radius 2 is 1.83 bits per heavy atom. The standard InChI is InChI=1S/C21H15N5O2S/c27-20-17(11-15-12-22-24-19(15)14-7-3-1-4-8-14)29-21-23-18(25-26(20)21)13-28-16-9-5-2-6-10-16/h1-12H,13H2,(H,22,24). The van der Waals surface area contributed by atoms with Gasteiger partial charge in [0, 0.05) is 11.1 Å². The van der Waals surface area contributed by atoms with Gasteiger partial charge >= 0.3 is 0 Å². The first-order valence-corrected chi connectivity index (χ1v) is 9.76.